The molecule has 0 bridgehead atoms. The van der Waals surface area contributed by atoms with Crippen LogP contribution in [0.5, 0.6) is 0 Å². The van der Waals surface area contributed by atoms with E-state index in [4.69, 9.17) is 0 Å². The Hall–Kier alpha value is -2.62. The number of aromatic nitrogens is 1. The Labute approximate surface area is 140 Å². The van der Waals surface area contributed by atoms with Crippen LogP contribution in [0, 0.1) is 0 Å². The van der Waals surface area contributed by atoms with E-state index in [0.29, 0.717) is 24.9 Å². The Morgan fingerprint density at radius 2 is 1.88 bits per heavy atom. The average molecular weight is 322 g/mol. The average Bonchev–Trinajstić information content (AvgIpc) is 3.20. The highest BCUT2D eigenvalue weighted by Gasteiger charge is 2.31. The predicted molar refractivity (Wildman–Crippen MR) is 92.5 cm³/mol. The first-order valence-electron chi connectivity index (χ1n) is 8.27. The van der Waals surface area contributed by atoms with E-state index in [9.17, 15) is 4.79 Å². The molecule has 3 aromatic rings. The van der Waals surface area contributed by atoms with Crippen molar-refractivity contribution in [3.63, 3.8) is 0 Å². The molecule has 0 radical (unpaired) electrons. The minimum Gasteiger partial charge on any atom is -0.350 e. The fraction of sp³-hybridized carbons (Fsp3) is 0.250. The second-order valence-electron chi connectivity index (χ2n) is 6.33. The van der Waals surface area contributed by atoms with Crippen LogP contribution >= 0.6 is 0 Å². The van der Waals surface area contributed by atoms with Crippen LogP contribution in [-0.2, 0) is 11.3 Å². The second-order valence-corrected chi connectivity index (χ2v) is 6.33. The van der Waals surface area contributed by atoms with Gasteiger partial charge in [-0.3, -0.25) is 4.79 Å². The van der Waals surface area contributed by atoms with Crippen LogP contribution in [0.3, 0.4) is 0 Å². The quantitative estimate of drug-likeness (QED) is 0.774. The van der Waals surface area contributed by atoms with E-state index in [1.165, 1.54) is 5.56 Å². The van der Waals surface area contributed by atoms with Gasteiger partial charge in [0, 0.05) is 35.6 Å². The lowest BCUT2D eigenvalue weighted by molar-refractivity contribution is -0.119. The van der Waals surface area contributed by atoms with Gasteiger partial charge in [-0.05, 0) is 18.1 Å². The Bertz CT molecular complexity index is 872. The molecular weight excluding hydrogens is 303 g/mol. The molecule has 1 aromatic heterocycles. The van der Waals surface area contributed by atoms with E-state index in [-0.39, 0.29) is 5.91 Å². The van der Waals surface area contributed by atoms with Gasteiger partial charge in [0.1, 0.15) is 6.17 Å². The first-order chi connectivity index (χ1) is 11.7. The van der Waals surface area contributed by atoms with E-state index in [1.54, 1.807) is 0 Å². The molecule has 4 rings (SSSR count). The summed E-state index contributed by atoms with van der Waals surface area (Å²) in [6.45, 7) is 0.700. The van der Waals surface area contributed by atoms with Crippen LogP contribution in [0.25, 0.3) is 10.9 Å². The lowest BCUT2D eigenvalue weighted by Crippen LogP contribution is -2.29. The van der Waals surface area contributed by atoms with Crippen LogP contribution < -0.4 is 5.32 Å². The standard InChI is InChI=1S/C20H19FN2O/c21-20(17-10-11-19(24)22-17)16-13-23(12-14-6-2-1-3-7-14)18-9-5-4-8-15(16)18/h1-9,13,17,20H,10-12H2,(H,22,24). The predicted octanol–water partition coefficient (Wildman–Crippen LogP) is 3.98. The maximum atomic E-state index is 15.1. The molecule has 1 N–H and O–H groups in total. The van der Waals surface area contributed by atoms with Crippen molar-refractivity contribution in [1.82, 2.24) is 9.88 Å². The molecule has 1 aliphatic heterocycles. The number of benzene rings is 2. The highest BCUT2D eigenvalue weighted by molar-refractivity contribution is 5.85. The summed E-state index contributed by atoms with van der Waals surface area (Å²) in [5.41, 5.74) is 2.85. The number of nitrogens with zero attached hydrogens (tertiary/aromatic N) is 1. The number of alkyl halides is 1. The van der Waals surface area contributed by atoms with Crippen molar-refractivity contribution >= 4 is 16.8 Å². The highest BCUT2D eigenvalue weighted by Crippen LogP contribution is 2.34. The molecule has 2 aromatic carbocycles. The zero-order valence-electron chi connectivity index (χ0n) is 13.3. The summed E-state index contributed by atoms with van der Waals surface area (Å²) in [5, 5.41) is 3.67. The lowest BCUT2D eigenvalue weighted by atomic mass is 10.0. The Morgan fingerprint density at radius 1 is 1.12 bits per heavy atom. The maximum Gasteiger partial charge on any atom is 0.220 e. The van der Waals surface area contributed by atoms with Crippen LogP contribution in [-0.4, -0.2) is 16.5 Å². The van der Waals surface area contributed by atoms with Crippen molar-refractivity contribution in [2.75, 3.05) is 0 Å². The van der Waals surface area contributed by atoms with Crippen LogP contribution in [0.4, 0.5) is 4.39 Å². The molecule has 1 amide bonds. The highest BCUT2D eigenvalue weighted by atomic mass is 19.1. The molecule has 1 saturated heterocycles. The number of halogens is 1. The smallest absolute Gasteiger partial charge is 0.220 e. The summed E-state index contributed by atoms with van der Waals surface area (Å²) in [6.07, 6.45) is 1.68. The summed E-state index contributed by atoms with van der Waals surface area (Å²) in [6, 6.07) is 17.6. The van der Waals surface area contributed by atoms with Crippen molar-refractivity contribution in [2.45, 2.75) is 31.6 Å². The summed E-state index contributed by atoms with van der Waals surface area (Å²) in [4.78, 5) is 11.4. The number of hydrogen-bond donors (Lipinski definition) is 1. The number of rotatable bonds is 4. The number of carbonyl (C=O) groups excluding carboxylic acids is 1. The van der Waals surface area contributed by atoms with E-state index < -0.39 is 12.2 Å². The van der Waals surface area contributed by atoms with Crippen LogP contribution in [0.15, 0.2) is 60.8 Å². The summed E-state index contributed by atoms with van der Waals surface area (Å²) in [5.74, 6) is -0.0596. The minimum atomic E-state index is -1.18. The molecule has 2 unspecified atom stereocenters. The fourth-order valence-corrected chi connectivity index (χ4v) is 3.48. The fourth-order valence-electron chi connectivity index (χ4n) is 3.48. The van der Waals surface area contributed by atoms with Crippen molar-refractivity contribution in [1.29, 1.82) is 0 Å². The van der Waals surface area contributed by atoms with Gasteiger partial charge in [-0.1, -0.05) is 48.5 Å². The Balaban J connectivity index is 1.72. The third-order valence-corrected chi connectivity index (χ3v) is 4.69. The molecule has 3 nitrogen and oxygen atoms in total. The van der Waals surface area contributed by atoms with E-state index in [1.807, 2.05) is 48.7 Å². The number of fused-ring (bicyclic) bond motifs is 1. The van der Waals surface area contributed by atoms with Crippen molar-refractivity contribution in [3.05, 3.63) is 71.9 Å². The van der Waals surface area contributed by atoms with E-state index in [0.717, 1.165) is 10.9 Å². The number of para-hydroxylation sites is 1. The lowest BCUT2D eigenvalue weighted by Gasteiger charge is -2.15. The van der Waals surface area contributed by atoms with Crippen LogP contribution in [0.1, 0.15) is 30.1 Å². The van der Waals surface area contributed by atoms with Gasteiger partial charge in [0.2, 0.25) is 5.91 Å². The third-order valence-electron chi connectivity index (χ3n) is 4.69. The molecule has 1 fully saturated rings. The molecular formula is C20H19FN2O. The second kappa shape index (κ2) is 6.11. The number of hydrogen-bond acceptors (Lipinski definition) is 1. The van der Waals surface area contributed by atoms with Gasteiger partial charge in [0.25, 0.3) is 0 Å². The normalized spacial score (nSPS) is 18.7. The Morgan fingerprint density at radius 3 is 2.62 bits per heavy atom. The molecule has 0 aliphatic carbocycles. The zero-order chi connectivity index (χ0) is 16.5. The molecule has 0 spiro atoms. The topological polar surface area (TPSA) is 34.0 Å². The van der Waals surface area contributed by atoms with Gasteiger partial charge in [-0.2, -0.15) is 0 Å². The molecule has 122 valence electrons. The minimum absolute atomic E-state index is 0.0596. The van der Waals surface area contributed by atoms with Crippen molar-refractivity contribution < 1.29 is 9.18 Å². The molecule has 2 heterocycles. The SMILES string of the molecule is O=C1CCC(C(F)c2cn(Cc3ccccc3)c3ccccc23)N1. The van der Waals surface area contributed by atoms with Crippen molar-refractivity contribution in [2.24, 2.45) is 0 Å². The molecule has 4 heteroatoms. The van der Waals surface area contributed by atoms with E-state index in [2.05, 4.69) is 22.0 Å². The van der Waals surface area contributed by atoms with Crippen LogP contribution in [0.2, 0.25) is 0 Å². The zero-order valence-corrected chi connectivity index (χ0v) is 13.3. The molecule has 1 aliphatic rings. The summed E-state index contributed by atoms with van der Waals surface area (Å²) < 4.78 is 17.2. The maximum absolute atomic E-state index is 15.1. The summed E-state index contributed by atoms with van der Waals surface area (Å²) in [7, 11) is 0. The van der Waals surface area contributed by atoms with Gasteiger partial charge in [-0.15, -0.1) is 0 Å². The van der Waals surface area contributed by atoms with Gasteiger partial charge in [0.15, 0.2) is 0 Å². The number of carbonyl (C=O) groups is 1. The molecule has 24 heavy (non-hydrogen) atoms. The van der Waals surface area contributed by atoms with Gasteiger partial charge < -0.3 is 9.88 Å². The van der Waals surface area contributed by atoms with Gasteiger partial charge in [0.05, 0.1) is 6.04 Å². The number of amides is 1. The molecule has 0 saturated carbocycles. The van der Waals surface area contributed by atoms with E-state index >= 15 is 4.39 Å². The summed E-state index contributed by atoms with van der Waals surface area (Å²) >= 11 is 0. The first-order valence-corrected chi connectivity index (χ1v) is 8.27. The number of nitrogens with one attached hydrogen (secondary N) is 1. The first kappa shape index (κ1) is 14.9. The Kier molecular flexibility index (Phi) is 3.81. The molecule has 2 atom stereocenters. The third kappa shape index (κ3) is 2.68. The largest absolute Gasteiger partial charge is 0.350 e. The van der Waals surface area contributed by atoms with Gasteiger partial charge in [-0.25, -0.2) is 4.39 Å². The van der Waals surface area contributed by atoms with Gasteiger partial charge >= 0.3 is 0 Å². The monoisotopic (exact) mass is 322 g/mol. The van der Waals surface area contributed by atoms with Crippen molar-refractivity contribution in [3.8, 4) is 0 Å².